The van der Waals surface area contributed by atoms with E-state index in [2.05, 4.69) is 38.4 Å². The number of amides is 1. The van der Waals surface area contributed by atoms with Crippen molar-refractivity contribution in [2.45, 2.75) is 24.9 Å². The number of rotatable bonds is 6. The average Bonchev–Trinajstić information content (AvgIpc) is 3.16. The fourth-order valence-electron chi connectivity index (χ4n) is 4.63. The van der Waals surface area contributed by atoms with Crippen molar-refractivity contribution in [3.63, 3.8) is 0 Å². The Morgan fingerprint density at radius 2 is 1.71 bits per heavy atom. The Kier molecular flexibility index (Phi) is 7.36. The number of fused-ring (bicyclic) bond motifs is 2. The van der Waals surface area contributed by atoms with Crippen molar-refractivity contribution >= 4 is 47.4 Å². The number of nitrogens with one attached hydrogen (secondary N) is 1. The van der Waals surface area contributed by atoms with E-state index in [1.807, 2.05) is 36.4 Å². The summed E-state index contributed by atoms with van der Waals surface area (Å²) >= 11 is 0. The average molecular weight is 460 g/mol. The molecule has 1 aromatic heterocycles. The lowest BCUT2D eigenvalue weighted by Gasteiger charge is -2.22. The first-order valence-electron chi connectivity index (χ1n) is 10.2. The number of nitrogens with two attached hydrogens (primary N) is 1. The summed E-state index contributed by atoms with van der Waals surface area (Å²) in [6.07, 6.45) is 2.72. The van der Waals surface area contributed by atoms with Gasteiger partial charge in [0.1, 0.15) is 12.1 Å². The Balaban J connectivity index is 0.00000136. The molecule has 6 nitrogen and oxygen atoms in total. The van der Waals surface area contributed by atoms with Crippen molar-refractivity contribution in [1.29, 1.82) is 0 Å². The number of anilines is 1. The van der Waals surface area contributed by atoms with Crippen molar-refractivity contribution in [2.75, 3.05) is 18.0 Å². The van der Waals surface area contributed by atoms with Gasteiger partial charge in [0.25, 0.3) is 0 Å². The number of nitrogens with zero attached hydrogens (tertiary/aromatic N) is 3. The van der Waals surface area contributed by atoms with Gasteiger partial charge in [0, 0.05) is 48.8 Å². The number of carbonyl (C=O) groups is 1. The lowest BCUT2D eigenvalue weighted by molar-refractivity contribution is -0.121. The SMILES string of the molecule is Cl.Cl.NC(CC(=O)NC1[C@H]2CN(c3ncnc4ccccc34)C[C@@H]12)Cc1ccccc1. The van der Waals surface area contributed by atoms with E-state index in [1.165, 1.54) is 5.56 Å². The van der Waals surface area contributed by atoms with Crippen molar-refractivity contribution < 1.29 is 4.79 Å². The molecule has 0 bridgehead atoms. The number of para-hydroxylation sites is 1. The Bertz CT molecular complexity index is 1020. The molecule has 4 atom stereocenters. The zero-order valence-electron chi connectivity index (χ0n) is 17.1. The highest BCUT2D eigenvalue weighted by atomic mass is 35.5. The van der Waals surface area contributed by atoms with Gasteiger partial charge in [0.2, 0.25) is 5.91 Å². The van der Waals surface area contributed by atoms with Crippen molar-refractivity contribution in [1.82, 2.24) is 15.3 Å². The standard InChI is InChI=1S/C23H25N5O.2ClH/c24-16(10-15-6-2-1-3-7-15)11-21(29)27-22-18-12-28(13-19(18)22)23-17-8-4-5-9-20(17)25-14-26-23;;/h1-9,14,16,18-19,22H,10-13,24H2,(H,27,29);2*1H/t16?,18-,19+,22?;;. The second kappa shape index (κ2) is 9.81. The first-order chi connectivity index (χ1) is 14.2. The largest absolute Gasteiger partial charge is 0.355 e. The van der Waals surface area contributed by atoms with E-state index >= 15 is 0 Å². The van der Waals surface area contributed by atoms with Crippen LogP contribution in [0.1, 0.15) is 12.0 Å². The molecule has 3 N–H and O–H groups in total. The fraction of sp³-hybridized carbons (Fsp3) is 0.348. The minimum absolute atomic E-state index is 0. The van der Waals surface area contributed by atoms with E-state index in [1.54, 1.807) is 6.33 Å². The number of hydrogen-bond donors (Lipinski definition) is 2. The highest BCUT2D eigenvalue weighted by molar-refractivity contribution is 5.89. The Hall–Kier alpha value is -2.41. The molecule has 1 aliphatic carbocycles. The summed E-state index contributed by atoms with van der Waals surface area (Å²) in [5.41, 5.74) is 8.32. The molecule has 164 valence electrons. The molecule has 1 saturated heterocycles. The minimum Gasteiger partial charge on any atom is -0.355 e. The number of benzene rings is 2. The van der Waals surface area contributed by atoms with E-state index in [0.717, 1.165) is 36.2 Å². The quantitative estimate of drug-likeness (QED) is 0.591. The molecule has 1 aliphatic heterocycles. The van der Waals surface area contributed by atoms with Crippen LogP contribution in [-0.4, -0.2) is 41.0 Å². The second-order valence-corrected chi connectivity index (χ2v) is 8.19. The Morgan fingerprint density at radius 3 is 2.45 bits per heavy atom. The van der Waals surface area contributed by atoms with E-state index in [-0.39, 0.29) is 42.8 Å². The zero-order valence-corrected chi connectivity index (χ0v) is 18.7. The maximum atomic E-state index is 12.4. The van der Waals surface area contributed by atoms with Crippen LogP contribution in [0.3, 0.4) is 0 Å². The summed E-state index contributed by atoms with van der Waals surface area (Å²) in [5.74, 6) is 2.06. The molecule has 3 aromatic rings. The molecular weight excluding hydrogens is 433 g/mol. The van der Waals surface area contributed by atoms with Gasteiger partial charge in [-0.25, -0.2) is 9.97 Å². The first kappa shape index (κ1) is 23.3. The molecule has 0 spiro atoms. The van der Waals surface area contributed by atoms with Crippen molar-refractivity contribution in [2.24, 2.45) is 17.6 Å². The first-order valence-corrected chi connectivity index (χ1v) is 10.2. The van der Waals surface area contributed by atoms with E-state index in [9.17, 15) is 4.79 Å². The van der Waals surface area contributed by atoms with Crippen LogP contribution in [0.4, 0.5) is 5.82 Å². The van der Waals surface area contributed by atoms with E-state index in [4.69, 9.17) is 5.73 Å². The summed E-state index contributed by atoms with van der Waals surface area (Å²) in [7, 11) is 0. The lowest BCUT2D eigenvalue weighted by atomic mass is 10.0. The summed E-state index contributed by atoms with van der Waals surface area (Å²) < 4.78 is 0. The summed E-state index contributed by atoms with van der Waals surface area (Å²) in [5, 5.41) is 4.29. The highest BCUT2D eigenvalue weighted by Crippen LogP contribution is 2.47. The van der Waals surface area contributed by atoms with Crippen LogP contribution in [0.2, 0.25) is 0 Å². The van der Waals surface area contributed by atoms with Gasteiger partial charge in [-0.15, -0.1) is 24.8 Å². The number of halogens is 2. The normalized spacial score (nSPS) is 22.1. The Morgan fingerprint density at radius 1 is 1.03 bits per heavy atom. The molecule has 31 heavy (non-hydrogen) atoms. The number of piperidine rings is 1. The predicted molar refractivity (Wildman–Crippen MR) is 128 cm³/mol. The molecule has 5 rings (SSSR count). The summed E-state index contributed by atoms with van der Waals surface area (Å²) in [6.45, 7) is 1.85. The van der Waals surface area contributed by atoms with Crippen LogP contribution in [0.25, 0.3) is 10.9 Å². The maximum Gasteiger partial charge on any atom is 0.221 e. The molecule has 2 aliphatic rings. The second-order valence-electron chi connectivity index (χ2n) is 8.19. The smallest absolute Gasteiger partial charge is 0.221 e. The van der Waals surface area contributed by atoms with Gasteiger partial charge in [-0.05, 0) is 24.1 Å². The third kappa shape index (κ3) is 4.92. The molecule has 0 radical (unpaired) electrons. The van der Waals surface area contributed by atoms with Crippen LogP contribution in [0.15, 0.2) is 60.9 Å². The van der Waals surface area contributed by atoms with Crippen molar-refractivity contribution in [3.8, 4) is 0 Å². The maximum absolute atomic E-state index is 12.4. The van der Waals surface area contributed by atoms with Gasteiger partial charge in [-0.3, -0.25) is 4.79 Å². The van der Waals surface area contributed by atoms with Crippen LogP contribution in [0.5, 0.6) is 0 Å². The zero-order chi connectivity index (χ0) is 19.8. The van der Waals surface area contributed by atoms with Crippen LogP contribution in [-0.2, 0) is 11.2 Å². The van der Waals surface area contributed by atoms with Crippen LogP contribution < -0.4 is 16.0 Å². The molecule has 1 amide bonds. The summed E-state index contributed by atoms with van der Waals surface area (Å²) in [4.78, 5) is 23.6. The van der Waals surface area contributed by atoms with Gasteiger partial charge in [-0.2, -0.15) is 0 Å². The van der Waals surface area contributed by atoms with Crippen molar-refractivity contribution in [3.05, 3.63) is 66.5 Å². The molecule has 2 unspecified atom stereocenters. The Labute approximate surface area is 194 Å². The monoisotopic (exact) mass is 459 g/mol. The third-order valence-electron chi connectivity index (χ3n) is 6.13. The number of hydrogen-bond acceptors (Lipinski definition) is 5. The third-order valence-corrected chi connectivity index (χ3v) is 6.13. The fourth-order valence-corrected chi connectivity index (χ4v) is 4.63. The highest BCUT2D eigenvalue weighted by Gasteiger charge is 2.56. The topological polar surface area (TPSA) is 84.1 Å². The number of aromatic nitrogens is 2. The molecule has 2 fully saturated rings. The molecular formula is C23H27Cl2N5O. The van der Waals surface area contributed by atoms with Gasteiger partial charge in [-0.1, -0.05) is 42.5 Å². The molecule has 2 aromatic carbocycles. The predicted octanol–water partition coefficient (Wildman–Crippen LogP) is 2.98. The van der Waals surface area contributed by atoms with Gasteiger partial charge >= 0.3 is 0 Å². The molecule has 2 heterocycles. The minimum atomic E-state index is -0.153. The van der Waals surface area contributed by atoms with E-state index < -0.39 is 0 Å². The van der Waals surface area contributed by atoms with Gasteiger partial charge in [0.15, 0.2) is 0 Å². The van der Waals surface area contributed by atoms with Gasteiger partial charge in [0.05, 0.1) is 5.52 Å². The van der Waals surface area contributed by atoms with Crippen LogP contribution in [0, 0.1) is 11.8 Å². The molecule has 8 heteroatoms. The molecule has 1 saturated carbocycles. The number of carbonyl (C=O) groups excluding carboxylic acids is 1. The lowest BCUT2D eigenvalue weighted by Crippen LogP contribution is -2.38. The van der Waals surface area contributed by atoms with E-state index in [0.29, 0.717) is 18.3 Å². The van der Waals surface area contributed by atoms with Gasteiger partial charge < -0.3 is 16.0 Å². The summed E-state index contributed by atoms with van der Waals surface area (Å²) in [6, 6.07) is 18.3. The van der Waals surface area contributed by atoms with Crippen LogP contribution >= 0.6 is 24.8 Å².